The summed E-state index contributed by atoms with van der Waals surface area (Å²) in [6, 6.07) is 12.1. The zero-order valence-electron chi connectivity index (χ0n) is 19.3. The maximum atomic E-state index is 13.6. The molecule has 4 rings (SSSR count). The summed E-state index contributed by atoms with van der Waals surface area (Å²) in [6.45, 7) is 5.42. The Hall–Kier alpha value is -2.64. The minimum Gasteiger partial charge on any atom is -0.493 e. The molecule has 178 valence electrons. The van der Waals surface area contributed by atoms with Gasteiger partial charge in [-0.15, -0.1) is 0 Å². The Balaban J connectivity index is 1.37. The molecule has 0 aliphatic carbocycles. The van der Waals surface area contributed by atoms with E-state index in [-0.39, 0.29) is 17.8 Å². The number of morpholine rings is 1. The van der Waals surface area contributed by atoms with Crippen LogP contribution in [-0.2, 0) is 11.3 Å². The van der Waals surface area contributed by atoms with Gasteiger partial charge in [-0.2, -0.15) is 0 Å². The maximum absolute atomic E-state index is 13.6. The van der Waals surface area contributed by atoms with E-state index < -0.39 is 0 Å². The molecule has 0 spiro atoms. The van der Waals surface area contributed by atoms with E-state index in [1.165, 1.54) is 17.7 Å². The number of likely N-dealkylation sites (tertiary alicyclic amines) is 1. The average Bonchev–Trinajstić information content (AvgIpc) is 2.85. The molecule has 0 aromatic heterocycles. The lowest BCUT2D eigenvalue weighted by Gasteiger charge is -2.36. The summed E-state index contributed by atoms with van der Waals surface area (Å²) in [5.41, 5.74) is 1.58. The number of carbonyl (C=O) groups excluding carboxylic acids is 1. The minimum atomic E-state index is -0.387. The maximum Gasteiger partial charge on any atom is 0.254 e. The number of piperidine rings is 1. The van der Waals surface area contributed by atoms with Gasteiger partial charge in [0.25, 0.3) is 5.91 Å². The van der Waals surface area contributed by atoms with Crippen molar-refractivity contribution in [2.45, 2.75) is 38.3 Å². The summed E-state index contributed by atoms with van der Waals surface area (Å²) >= 11 is 0. The molecular weight excluding hydrogens is 423 g/mol. The molecular formula is C26H33FN2O4. The van der Waals surface area contributed by atoms with Gasteiger partial charge in [-0.3, -0.25) is 9.69 Å². The van der Waals surface area contributed by atoms with Crippen molar-refractivity contribution in [1.29, 1.82) is 0 Å². The molecule has 1 atom stereocenters. The van der Waals surface area contributed by atoms with Crippen LogP contribution < -0.4 is 9.47 Å². The van der Waals surface area contributed by atoms with Crippen LogP contribution in [0.1, 0.15) is 41.6 Å². The monoisotopic (exact) mass is 456 g/mol. The van der Waals surface area contributed by atoms with E-state index in [1.54, 1.807) is 19.2 Å². The number of amides is 1. The predicted molar refractivity (Wildman–Crippen MR) is 124 cm³/mol. The lowest BCUT2D eigenvalue weighted by atomic mass is 9.98. The lowest BCUT2D eigenvalue weighted by Crippen LogP contribution is -2.44. The molecule has 6 nitrogen and oxygen atoms in total. The lowest BCUT2D eigenvalue weighted by molar-refractivity contribution is 0.0341. The summed E-state index contributed by atoms with van der Waals surface area (Å²) in [4.78, 5) is 17.3. The number of halogens is 1. The van der Waals surface area contributed by atoms with Crippen LogP contribution in [0, 0.1) is 5.82 Å². The van der Waals surface area contributed by atoms with Crippen LogP contribution in [0.4, 0.5) is 4.39 Å². The fourth-order valence-corrected chi connectivity index (χ4v) is 4.61. The van der Waals surface area contributed by atoms with E-state index in [1.807, 2.05) is 17.0 Å². The van der Waals surface area contributed by atoms with Crippen molar-refractivity contribution < 1.29 is 23.4 Å². The molecule has 1 amide bonds. The highest BCUT2D eigenvalue weighted by Crippen LogP contribution is 2.30. The molecule has 2 aromatic carbocycles. The summed E-state index contributed by atoms with van der Waals surface area (Å²) in [5.74, 6) is 0.935. The van der Waals surface area contributed by atoms with E-state index in [0.29, 0.717) is 24.5 Å². The highest BCUT2D eigenvalue weighted by Gasteiger charge is 2.27. The number of methoxy groups -OCH3 is 1. The van der Waals surface area contributed by atoms with Crippen molar-refractivity contribution in [2.75, 3.05) is 46.6 Å². The molecule has 0 unspecified atom stereocenters. The van der Waals surface area contributed by atoms with Crippen LogP contribution in [-0.4, -0.2) is 68.3 Å². The third-order valence-electron chi connectivity index (χ3n) is 6.41. The minimum absolute atomic E-state index is 0.0806. The molecule has 2 saturated heterocycles. The van der Waals surface area contributed by atoms with Crippen molar-refractivity contribution in [3.05, 3.63) is 59.4 Å². The molecule has 2 fully saturated rings. The Morgan fingerprint density at radius 1 is 1.09 bits per heavy atom. The number of hydrogen-bond acceptors (Lipinski definition) is 5. The second-order valence-corrected chi connectivity index (χ2v) is 8.67. The van der Waals surface area contributed by atoms with Gasteiger partial charge in [0.05, 0.1) is 26.9 Å². The predicted octanol–water partition coefficient (Wildman–Crippen LogP) is 4.13. The molecule has 2 heterocycles. The molecule has 0 saturated carbocycles. The first-order chi connectivity index (χ1) is 16.1. The Bertz CT molecular complexity index is 932. The summed E-state index contributed by atoms with van der Waals surface area (Å²) in [7, 11) is 1.64. The quantitative estimate of drug-likeness (QED) is 0.598. The van der Waals surface area contributed by atoms with Gasteiger partial charge in [0.2, 0.25) is 0 Å². The summed E-state index contributed by atoms with van der Waals surface area (Å²) in [5, 5.41) is 0. The number of nitrogens with zero attached hydrogens (tertiary/aromatic N) is 2. The first-order valence-corrected chi connectivity index (χ1v) is 11.8. The van der Waals surface area contributed by atoms with Crippen LogP contribution in [0.3, 0.4) is 0 Å². The van der Waals surface area contributed by atoms with Crippen molar-refractivity contribution >= 4 is 5.91 Å². The molecule has 2 aliphatic rings. The molecule has 7 heteroatoms. The Morgan fingerprint density at radius 3 is 2.73 bits per heavy atom. The summed E-state index contributed by atoms with van der Waals surface area (Å²) in [6.07, 6.45) is 3.70. The largest absolute Gasteiger partial charge is 0.493 e. The summed E-state index contributed by atoms with van der Waals surface area (Å²) < 4.78 is 30.7. The molecule has 2 aromatic rings. The van der Waals surface area contributed by atoms with Gasteiger partial charge in [-0.1, -0.05) is 12.1 Å². The Morgan fingerprint density at radius 2 is 1.94 bits per heavy atom. The molecule has 0 radical (unpaired) electrons. The van der Waals surface area contributed by atoms with Gasteiger partial charge in [0, 0.05) is 44.2 Å². The van der Waals surface area contributed by atoms with E-state index in [0.717, 1.165) is 64.3 Å². The van der Waals surface area contributed by atoms with Gasteiger partial charge in [0.15, 0.2) is 11.5 Å². The Labute approximate surface area is 195 Å². The van der Waals surface area contributed by atoms with Crippen molar-refractivity contribution in [2.24, 2.45) is 0 Å². The van der Waals surface area contributed by atoms with Gasteiger partial charge in [0.1, 0.15) is 5.82 Å². The van der Waals surface area contributed by atoms with E-state index in [4.69, 9.17) is 14.2 Å². The second-order valence-electron chi connectivity index (χ2n) is 8.67. The Kier molecular flexibility index (Phi) is 8.18. The van der Waals surface area contributed by atoms with Crippen molar-refractivity contribution in [3.63, 3.8) is 0 Å². The van der Waals surface area contributed by atoms with Gasteiger partial charge in [-0.05, 0) is 55.2 Å². The standard InChI is InChI=1S/C26H33FN2O4/c1-31-24-9-8-20(19-28-12-15-32-16-13-28)17-25(24)33-14-10-23-7-2-3-11-29(23)26(30)21-5-4-6-22(27)18-21/h4-6,8-9,17-18,23H,2-3,7,10-16,19H2,1H3/t23-/m0/s1. The number of ether oxygens (including phenoxy) is 3. The molecule has 33 heavy (non-hydrogen) atoms. The first kappa shape index (κ1) is 23.5. The fourth-order valence-electron chi connectivity index (χ4n) is 4.61. The molecule has 2 aliphatic heterocycles. The third-order valence-corrected chi connectivity index (χ3v) is 6.41. The van der Waals surface area contributed by atoms with Crippen molar-refractivity contribution in [1.82, 2.24) is 9.80 Å². The highest BCUT2D eigenvalue weighted by molar-refractivity contribution is 5.94. The smallest absolute Gasteiger partial charge is 0.254 e. The number of rotatable bonds is 8. The second kappa shape index (κ2) is 11.5. The zero-order valence-corrected chi connectivity index (χ0v) is 19.3. The van der Waals surface area contributed by atoms with Crippen LogP contribution >= 0.6 is 0 Å². The highest BCUT2D eigenvalue weighted by atomic mass is 19.1. The van der Waals surface area contributed by atoms with Crippen molar-refractivity contribution in [3.8, 4) is 11.5 Å². The van der Waals surface area contributed by atoms with Crippen LogP contribution in [0.15, 0.2) is 42.5 Å². The van der Waals surface area contributed by atoms with Gasteiger partial charge in [-0.25, -0.2) is 4.39 Å². The normalized spacial score (nSPS) is 19.3. The van der Waals surface area contributed by atoms with Crippen LogP contribution in [0.25, 0.3) is 0 Å². The fraction of sp³-hybridized carbons (Fsp3) is 0.500. The third kappa shape index (κ3) is 6.24. The zero-order chi connectivity index (χ0) is 23.0. The number of hydrogen-bond donors (Lipinski definition) is 0. The SMILES string of the molecule is COc1ccc(CN2CCOCC2)cc1OCC[C@@H]1CCCCN1C(=O)c1cccc(F)c1. The van der Waals surface area contributed by atoms with Crippen LogP contribution in [0.5, 0.6) is 11.5 Å². The first-order valence-electron chi connectivity index (χ1n) is 11.8. The van der Waals surface area contributed by atoms with Gasteiger partial charge >= 0.3 is 0 Å². The topological polar surface area (TPSA) is 51.2 Å². The average molecular weight is 457 g/mol. The van der Waals surface area contributed by atoms with E-state index in [9.17, 15) is 9.18 Å². The number of benzene rings is 2. The molecule has 0 N–H and O–H groups in total. The molecule has 0 bridgehead atoms. The van der Waals surface area contributed by atoms with Gasteiger partial charge < -0.3 is 19.1 Å². The van der Waals surface area contributed by atoms with Crippen LogP contribution in [0.2, 0.25) is 0 Å². The number of carbonyl (C=O) groups is 1. The van der Waals surface area contributed by atoms with E-state index in [2.05, 4.69) is 11.0 Å². The van der Waals surface area contributed by atoms with E-state index >= 15 is 0 Å².